The number of amides is 3. The van der Waals surface area contributed by atoms with Crippen LogP contribution in [0.4, 0.5) is 4.79 Å². The van der Waals surface area contributed by atoms with Gasteiger partial charge in [0.05, 0.1) is 36.9 Å². The van der Waals surface area contributed by atoms with E-state index in [-0.39, 0.29) is 5.75 Å². The minimum Gasteiger partial charge on any atom is -0.390 e. The molecule has 2 heterocycles. The molecule has 4 N–H and O–H groups in total. The van der Waals surface area contributed by atoms with Crippen molar-refractivity contribution in [3.8, 4) is 0 Å². The van der Waals surface area contributed by atoms with Crippen LogP contribution in [-0.4, -0.2) is 93.7 Å². The highest BCUT2D eigenvalue weighted by Gasteiger charge is 2.33. The first-order valence-electron chi connectivity index (χ1n) is 9.91. The van der Waals surface area contributed by atoms with Crippen LogP contribution in [0.25, 0.3) is 0 Å². The highest BCUT2D eigenvalue weighted by Crippen LogP contribution is 2.09. The van der Waals surface area contributed by atoms with Crippen LogP contribution in [0.5, 0.6) is 0 Å². The van der Waals surface area contributed by atoms with Gasteiger partial charge in [-0.05, 0) is 5.56 Å². The van der Waals surface area contributed by atoms with Crippen LogP contribution < -0.4 is 16.0 Å². The standard InChI is InChI=1S/C19H28N4O6S/c24-17-11-20-10-15(17)21-18(25)16(22-19(26)23-6-8-29-9-7-23)13-30(27,28)12-14-4-2-1-3-5-14/h1-5,15-17,20,24H,6-13H2,(H,21,25)(H,22,26). The lowest BCUT2D eigenvalue weighted by Gasteiger charge is -2.29. The maximum atomic E-state index is 12.8. The maximum Gasteiger partial charge on any atom is 0.318 e. The molecule has 0 aromatic heterocycles. The minimum atomic E-state index is -3.70. The molecule has 2 saturated heterocycles. The number of ether oxygens (including phenoxy) is 1. The van der Waals surface area contributed by atoms with E-state index >= 15 is 0 Å². The van der Waals surface area contributed by atoms with Gasteiger partial charge >= 0.3 is 6.03 Å². The van der Waals surface area contributed by atoms with E-state index in [1.165, 1.54) is 4.90 Å². The Labute approximate surface area is 175 Å². The number of aliphatic hydroxyl groups excluding tert-OH is 1. The lowest BCUT2D eigenvalue weighted by Crippen LogP contribution is -2.58. The zero-order valence-corrected chi connectivity index (χ0v) is 17.4. The summed E-state index contributed by atoms with van der Waals surface area (Å²) < 4.78 is 30.7. The monoisotopic (exact) mass is 440 g/mol. The number of nitrogens with one attached hydrogen (secondary N) is 3. The van der Waals surface area contributed by atoms with Gasteiger partial charge in [-0.15, -0.1) is 0 Å². The van der Waals surface area contributed by atoms with Gasteiger partial charge < -0.3 is 30.7 Å². The molecule has 2 aliphatic heterocycles. The number of urea groups is 1. The van der Waals surface area contributed by atoms with E-state index in [1.807, 2.05) is 0 Å². The van der Waals surface area contributed by atoms with Gasteiger partial charge in [-0.3, -0.25) is 4.79 Å². The van der Waals surface area contributed by atoms with Gasteiger partial charge in [0.2, 0.25) is 5.91 Å². The van der Waals surface area contributed by atoms with E-state index in [9.17, 15) is 23.1 Å². The van der Waals surface area contributed by atoms with Crippen LogP contribution in [0.1, 0.15) is 5.56 Å². The van der Waals surface area contributed by atoms with E-state index in [0.29, 0.717) is 45.0 Å². The fourth-order valence-corrected chi connectivity index (χ4v) is 4.99. The topological polar surface area (TPSA) is 137 Å². The van der Waals surface area contributed by atoms with Crippen LogP contribution in [0.15, 0.2) is 30.3 Å². The lowest BCUT2D eigenvalue weighted by molar-refractivity contribution is -0.123. The molecule has 2 aliphatic rings. The number of sulfone groups is 1. The summed E-state index contributed by atoms with van der Waals surface area (Å²) in [5.41, 5.74) is 0.603. The number of morpholine rings is 1. The van der Waals surface area contributed by atoms with Crippen molar-refractivity contribution in [2.75, 3.05) is 45.1 Å². The quantitative estimate of drug-likeness (QED) is 0.403. The molecule has 166 valence electrons. The molecule has 3 unspecified atom stereocenters. The van der Waals surface area contributed by atoms with E-state index in [2.05, 4.69) is 16.0 Å². The predicted octanol–water partition coefficient (Wildman–Crippen LogP) is -1.54. The fraction of sp³-hybridized carbons (Fsp3) is 0.579. The van der Waals surface area contributed by atoms with Gasteiger partial charge in [0.15, 0.2) is 9.84 Å². The van der Waals surface area contributed by atoms with Crippen LogP contribution >= 0.6 is 0 Å². The van der Waals surface area contributed by atoms with Gasteiger partial charge in [-0.25, -0.2) is 13.2 Å². The number of β-amino-alcohol motifs (C(OH)–C–C–N with tert-alkyl or cyclic N) is 1. The number of hydrogen-bond acceptors (Lipinski definition) is 7. The summed E-state index contributed by atoms with van der Waals surface area (Å²) in [6, 6.07) is 6.32. The summed E-state index contributed by atoms with van der Waals surface area (Å²) in [6.45, 7) is 2.20. The second-order valence-corrected chi connectivity index (χ2v) is 9.59. The number of benzene rings is 1. The highest BCUT2D eigenvalue weighted by molar-refractivity contribution is 7.90. The van der Waals surface area contributed by atoms with Crippen molar-refractivity contribution in [1.29, 1.82) is 0 Å². The van der Waals surface area contributed by atoms with Crippen molar-refractivity contribution in [1.82, 2.24) is 20.9 Å². The molecule has 1 aromatic rings. The molecule has 1 aromatic carbocycles. The Morgan fingerprint density at radius 2 is 1.90 bits per heavy atom. The van der Waals surface area contributed by atoms with E-state index in [0.717, 1.165) is 0 Å². The molecule has 0 aliphatic carbocycles. The van der Waals surface area contributed by atoms with Gasteiger partial charge in [0.25, 0.3) is 0 Å². The molecule has 3 amide bonds. The lowest BCUT2D eigenvalue weighted by atomic mass is 10.2. The van der Waals surface area contributed by atoms with Crippen molar-refractivity contribution < 1.29 is 27.9 Å². The number of aliphatic hydroxyl groups is 1. The molecule has 0 saturated carbocycles. The number of hydrogen-bond donors (Lipinski definition) is 4. The third kappa shape index (κ3) is 6.39. The summed E-state index contributed by atoms with van der Waals surface area (Å²) in [4.78, 5) is 26.9. The third-order valence-electron chi connectivity index (χ3n) is 5.07. The summed E-state index contributed by atoms with van der Waals surface area (Å²) in [5, 5.41) is 18.1. The molecule has 30 heavy (non-hydrogen) atoms. The van der Waals surface area contributed by atoms with Gasteiger partial charge in [-0.1, -0.05) is 30.3 Å². The molecule has 2 fully saturated rings. The Kier molecular flexibility index (Phi) is 7.64. The Morgan fingerprint density at radius 1 is 1.20 bits per heavy atom. The molecule has 0 spiro atoms. The first-order chi connectivity index (χ1) is 14.3. The van der Waals surface area contributed by atoms with E-state index < -0.39 is 45.7 Å². The fourth-order valence-electron chi connectivity index (χ4n) is 3.43. The number of carbonyl (C=O) groups is 2. The Morgan fingerprint density at radius 3 is 2.53 bits per heavy atom. The summed E-state index contributed by atoms with van der Waals surface area (Å²) in [6.07, 6.45) is -0.773. The molecular weight excluding hydrogens is 412 g/mol. The normalized spacial score (nSPS) is 23.0. The van der Waals surface area contributed by atoms with E-state index in [1.54, 1.807) is 30.3 Å². The Bertz CT molecular complexity index is 829. The molecular formula is C19H28N4O6S. The zero-order valence-electron chi connectivity index (χ0n) is 16.6. The minimum absolute atomic E-state index is 0.237. The smallest absolute Gasteiger partial charge is 0.318 e. The van der Waals surface area contributed by atoms with Gasteiger partial charge in [-0.2, -0.15) is 0 Å². The summed E-state index contributed by atoms with van der Waals surface area (Å²) >= 11 is 0. The number of nitrogens with zero attached hydrogens (tertiary/aromatic N) is 1. The highest BCUT2D eigenvalue weighted by atomic mass is 32.2. The predicted molar refractivity (Wildman–Crippen MR) is 109 cm³/mol. The second kappa shape index (κ2) is 10.2. The SMILES string of the molecule is O=C(NC1CNCC1O)C(CS(=O)(=O)Cc1ccccc1)NC(=O)N1CCOCC1. The van der Waals surface area contributed by atoms with Crippen molar-refractivity contribution >= 4 is 21.8 Å². The van der Waals surface area contributed by atoms with Crippen LogP contribution in [0.2, 0.25) is 0 Å². The van der Waals surface area contributed by atoms with Crippen LogP contribution in [0.3, 0.4) is 0 Å². The van der Waals surface area contributed by atoms with Crippen molar-refractivity contribution in [2.45, 2.75) is 23.9 Å². The van der Waals surface area contributed by atoms with E-state index in [4.69, 9.17) is 4.74 Å². The van der Waals surface area contributed by atoms with Crippen LogP contribution in [-0.2, 0) is 25.1 Å². The van der Waals surface area contributed by atoms with Crippen molar-refractivity contribution in [2.24, 2.45) is 0 Å². The van der Waals surface area contributed by atoms with Gasteiger partial charge in [0.1, 0.15) is 6.04 Å². The molecule has 11 heteroatoms. The van der Waals surface area contributed by atoms with Crippen molar-refractivity contribution in [3.05, 3.63) is 35.9 Å². The first kappa shape index (κ1) is 22.5. The Hall–Kier alpha value is -2.21. The molecule has 3 atom stereocenters. The summed E-state index contributed by atoms with van der Waals surface area (Å²) in [5.74, 6) is -1.42. The second-order valence-electron chi connectivity index (χ2n) is 7.48. The molecule has 0 radical (unpaired) electrons. The molecule has 0 bridgehead atoms. The molecule has 10 nitrogen and oxygen atoms in total. The third-order valence-corrected chi connectivity index (χ3v) is 6.69. The number of rotatable bonds is 7. The summed E-state index contributed by atoms with van der Waals surface area (Å²) in [7, 11) is -3.70. The zero-order chi connectivity index (χ0) is 21.6. The van der Waals surface area contributed by atoms with Gasteiger partial charge in [0, 0.05) is 26.2 Å². The maximum absolute atomic E-state index is 12.8. The average molecular weight is 441 g/mol. The molecule has 3 rings (SSSR count). The van der Waals surface area contributed by atoms with Crippen LogP contribution in [0, 0.1) is 0 Å². The Balaban J connectivity index is 1.70. The number of carbonyl (C=O) groups excluding carboxylic acids is 2. The average Bonchev–Trinajstić information content (AvgIpc) is 3.12. The largest absolute Gasteiger partial charge is 0.390 e. The first-order valence-corrected chi connectivity index (χ1v) is 11.7. The van der Waals surface area contributed by atoms with Crippen molar-refractivity contribution in [3.63, 3.8) is 0 Å².